The second kappa shape index (κ2) is 67.4. The lowest BCUT2D eigenvalue weighted by Gasteiger charge is -2.46. The summed E-state index contributed by atoms with van der Waals surface area (Å²) >= 11 is 0. The van der Waals surface area contributed by atoms with Gasteiger partial charge in [-0.05, 0) is 83.5 Å². The van der Waals surface area contributed by atoms with E-state index in [1.54, 1.807) is 6.08 Å². The number of hydrogen-bond acceptors (Lipinski definition) is 13. The molecule has 14 heteroatoms. The Hall–Kier alpha value is -2.83. The van der Waals surface area contributed by atoms with E-state index in [0.717, 1.165) is 70.6 Å². The Kier molecular flexibility index (Phi) is 62.7. The number of ether oxygens (including phenoxy) is 4. The highest BCUT2D eigenvalue weighted by atomic mass is 16.7. The Labute approximate surface area is 599 Å². The van der Waals surface area contributed by atoms with E-state index < -0.39 is 86.8 Å². The minimum absolute atomic E-state index is 0.249. The molecule has 0 aromatic rings. The fourth-order valence-corrected chi connectivity index (χ4v) is 13.1. The quantitative estimate of drug-likeness (QED) is 0.0204. The monoisotopic (exact) mass is 1380 g/mol. The molecule has 0 aromatic carbocycles. The Bertz CT molecular complexity index is 1970. The van der Waals surface area contributed by atoms with Crippen molar-refractivity contribution < 1.29 is 64.6 Å². The third-order valence-corrected chi connectivity index (χ3v) is 19.5. The first-order valence-electron chi connectivity index (χ1n) is 40.8. The van der Waals surface area contributed by atoms with E-state index in [9.17, 15) is 45.6 Å². The van der Waals surface area contributed by atoms with Crippen molar-refractivity contribution in [1.82, 2.24) is 5.32 Å². The molecule has 0 bridgehead atoms. The highest BCUT2D eigenvalue weighted by molar-refractivity contribution is 5.76. The predicted molar refractivity (Wildman–Crippen MR) is 406 cm³/mol. The topological polar surface area (TPSA) is 228 Å². The zero-order valence-corrected chi connectivity index (χ0v) is 62.5. The third-order valence-electron chi connectivity index (χ3n) is 19.5. The maximum Gasteiger partial charge on any atom is 0.220 e. The summed E-state index contributed by atoms with van der Waals surface area (Å²) in [6.07, 6.45) is 78.2. The second-order valence-corrected chi connectivity index (χ2v) is 28.5. The third kappa shape index (κ3) is 49.7. The van der Waals surface area contributed by atoms with Gasteiger partial charge in [0.2, 0.25) is 5.91 Å². The first-order chi connectivity index (χ1) is 48.1. The van der Waals surface area contributed by atoms with Crippen molar-refractivity contribution in [2.24, 2.45) is 0 Å². The minimum Gasteiger partial charge on any atom is -0.394 e. The Balaban J connectivity index is 1.62. The summed E-state index contributed by atoms with van der Waals surface area (Å²) in [4.78, 5) is 13.4. The molecule has 2 rings (SSSR count). The van der Waals surface area contributed by atoms with Gasteiger partial charge in [0.15, 0.2) is 12.6 Å². The van der Waals surface area contributed by atoms with E-state index in [2.05, 4.69) is 92.1 Å². The van der Waals surface area contributed by atoms with Crippen LogP contribution >= 0.6 is 0 Å². The Morgan fingerprint density at radius 3 is 1.12 bits per heavy atom. The molecule has 0 spiro atoms. The lowest BCUT2D eigenvalue weighted by molar-refractivity contribution is -0.359. The van der Waals surface area contributed by atoms with E-state index in [0.29, 0.717) is 12.8 Å². The number of rotatable bonds is 68. The van der Waals surface area contributed by atoms with E-state index in [-0.39, 0.29) is 18.9 Å². The zero-order valence-electron chi connectivity index (χ0n) is 62.5. The average Bonchev–Trinajstić information content (AvgIpc) is 0.797. The SMILES string of the molecule is CC/C=C\C/C=C\C/C=C\C/C=C\CCCCCCCCCCCCCCCCCCCCCCCCC(=O)NC(COC1OC(CO)C(OC2OC(CO)C(O)C(O)C2O)C(O)C1O)C(O)/C=C/CC/C=C/CC/C=C/CCCCCCCCCCCCCCCCCCCCC. The highest BCUT2D eigenvalue weighted by Crippen LogP contribution is 2.30. The van der Waals surface area contributed by atoms with Crippen LogP contribution in [-0.4, -0.2) is 140 Å². The van der Waals surface area contributed by atoms with Crippen LogP contribution < -0.4 is 5.32 Å². The summed E-state index contributed by atoms with van der Waals surface area (Å²) in [5.41, 5.74) is 0. The summed E-state index contributed by atoms with van der Waals surface area (Å²) in [7, 11) is 0. The Morgan fingerprint density at radius 1 is 0.378 bits per heavy atom. The number of aliphatic hydroxyl groups excluding tert-OH is 8. The maximum absolute atomic E-state index is 13.4. The van der Waals surface area contributed by atoms with Crippen LogP contribution in [0.4, 0.5) is 0 Å². The van der Waals surface area contributed by atoms with Gasteiger partial charge >= 0.3 is 0 Å². The molecule has 2 aliphatic heterocycles. The van der Waals surface area contributed by atoms with Crippen molar-refractivity contribution in [3.63, 3.8) is 0 Å². The largest absolute Gasteiger partial charge is 0.394 e. The zero-order chi connectivity index (χ0) is 70.8. The van der Waals surface area contributed by atoms with Crippen LogP contribution in [0.5, 0.6) is 0 Å². The predicted octanol–water partition coefficient (Wildman–Crippen LogP) is 18.7. The lowest BCUT2D eigenvalue weighted by Crippen LogP contribution is -2.65. The molecule has 14 nitrogen and oxygen atoms in total. The van der Waals surface area contributed by atoms with Crippen LogP contribution in [0.15, 0.2) is 85.1 Å². The Morgan fingerprint density at radius 2 is 0.714 bits per heavy atom. The lowest BCUT2D eigenvalue weighted by atomic mass is 9.97. The van der Waals surface area contributed by atoms with E-state index in [1.165, 1.54) is 244 Å². The molecule has 2 saturated heterocycles. The van der Waals surface area contributed by atoms with Crippen LogP contribution in [0.2, 0.25) is 0 Å². The number of carbonyl (C=O) groups is 1. The molecular formula is C84H151NO13. The van der Waals surface area contributed by atoms with Crippen molar-refractivity contribution >= 4 is 5.91 Å². The van der Waals surface area contributed by atoms with Crippen molar-refractivity contribution in [3.8, 4) is 0 Å². The van der Waals surface area contributed by atoms with Gasteiger partial charge in [-0.25, -0.2) is 0 Å². The molecule has 0 saturated carbocycles. The smallest absolute Gasteiger partial charge is 0.220 e. The summed E-state index contributed by atoms with van der Waals surface area (Å²) in [5.74, 6) is -0.249. The molecule has 0 radical (unpaired) electrons. The first kappa shape index (κ1) is 91.3. The van der Waals surface area contributed by atoms with Gasteiger partial charge in [0.1, 0.15) is 48.8 Å². The number of allylic oxidation sites excluding steroid dienone is 13. The van der Waals surface area contributed by atoms with Crippen LogP contribution in [-0.2, 0) is 23.7 Å². The fraction of sp³-hybridized carbons (Fsp3) is 0.821. The molecular weight excluding hydrogens is 1230 g/mol. The standard InChI is InChI=1S/C84H151NO13/c1-3-5-7-9-11-13-15-17-19-21-23-25-27-29-31-33-34-35-36-37-38-40-42-44-46-48-50-52-54-56-58-60-62-64-66-68-76(89)85-72(71-95-83-81(94)79(92)82(75(70-87)97-83)98-84-80(93)78(91)77(90)74(69-86)96-84)73(88)67-65-63-61-59-57-55-53-51-49-47-45-43-41-39-32-30-28-26-24-22-20-18-16-14-12-10-8-6-4-2/h5,7,11,13,17,19,23,25,49,51,57,59,65,67,72-75,77-84,86-88,90-94H,3-4,6,8-10,12,14-16,18,20-22,24,26-48,50,52-56,58,60-64,66,68-71H2,1-2H3,(H,85,89)/b7-5-,13-11-,19-17-,25-23-,51-49+,59-57+,67-65+. The highest BCUT2D eigenvalue weighted by Gasteiger charge is 2.51. The van der Waals surface area contributed by atoms with E-state index >= 15 is 0 Å². The van der Waals surface area contributed by atoms with Gasteiger partial charge in [-0.2, -0.15) is 0 Å². The normalized spacial score (nSPS) is 22.5. The summed E-state index contributed by atoms with van der Waals surface area (Å²) < 4.78 is 22.9. The van der Waals surface area contributed by atoms with Gasteiger partial charge in [0, 0.05) is 6.42 Å². The van der Waals surface area contributed by atoms with Crippen LogP contribution in [0.3, 0.4) is 0 Å². The molecule has 12 atom stereocenters. The van der Waals surface area contributed by atoms with Crippen molar-refractivity contribution in [2.75, 3.05) is 19.8 Å². The molecule has 98 heavy (non-hydrogen) atoms. The summed E-state index contributed by atoms with van der Waals surface area (Å²) in [6.45, 7) is 2.71. The van der Waals surface area contributed by atoms with Gasteiger partial charge in [0.25, 0.3) is 0 Å². The van der Waals surface area contributed by atoms with Crippen LogP contribution in [0.25, 0.3) is 0 Å². The van der Waals surface area contributed by atoms with Crippen molar-refractivity contribution in [2.45, 2.75) is 421 Å². The summed E-state index contributed by atoms with van der Waals surface area (Å²) in [6, 6.07) is -0.942. The van der Waals surface area contributed by atoms with E-state index in [4.69, 9.17) is 18.9 Å². The number of carbonyl (C=O) groups excluding carboxylic acids is 1. The minimum atomic E-state index is -1.80. The molecule has 12 unspecified atom stereocenters. The number of aliphatic hydroxyl groups is 8. The molecule has 9 N–H and O–H groups in total. The number of hydrogen-bond donors (Lipinski definition) is 9. The van der Waals surface area contributed by atoms with Gasteiger partial charge in [-0.1, -0.05) is 343 Å². The maximum atomic E-state index is 13.4. The van der Waals surface area contributed by atoms with Gasteiger partial charge in [0.05, 0.1) is 32.0 Å². The van der Waals surface area contributed by atoms with Crippen LogP contribution in [0.1, 0.15) is 348 Å². The number of amides is 1. The van der Waals surface area contributed by atoms with Gasteiger partial charge < -0.3 is 65.1 Å². The average molecular weight is 1380 g/mol. The van der Waals surface area contributed by atoms with Gasteiger partial charge in [-0.3, -0.25) is 4.79 Å². The molecule has 1 amide bonds. The van der Waals surface area contributed by atoms with Crippen molar-refractivity contribution in [1.29, 1.82) is 0 Å². The first-order valence-corrected chi connectivity index (χ1v) is 40.8. The van der Waals surface area contributed by atoms with Crippen LogP contribution in [0, 0.1) is 0 Å². The fourth-order valence-electron chi connectivity index (χ4n) is 13.1. The molecule has 0 aromatic heterocycles. The molecule has 2 heterocycles. The molecule has 0 aliphatic carbocycles. The number of unbranched alkanes of at least 4 members (excludes halogenated alkanes) is 43. The molecule has 2 aliphatic rings. The second-order valence-electron chi connectivity index (χ2n) is 28.5. The summed E-state index contributed by atoms with van der Waals surface area (Å²) in [5, 5.41) is 87.7. The number of nitrogens with one attached hydrogen (secondary N) is 1. The van der Waals surface area contributed by atoms with Gasteiger partial charge in [-0.15, -0.1) is 0 Å². The molecule has 570 valence electrons. The van der Waals surface area contributed by atoms with E-state index in [1.807, 2.05) is 6.08 Å². The molecule has 2 fully saturated rings. The van der Waals surface area contributed by atoms with Crippen molar-refractivity contribution in [3.05, 3.63) is 85.1 Å².